The Labute approximate surface area is 122 Å². The summed E-state index contributed by atoms with van der Waals surface area (Å²) in [5, 5.41) is 0.915. The summed E-state index contributed by atoms with van der Waals surface area (Å²) >= 11 is 11.8. The fraction of sp³-hybridized carbons (Fsp3) is 0.188. The van der Waals surface area contributed by atoms with Crippen molar-refractivity contribution in [3.63, 3.8) is 0 Å². The van der Waals surface area contributed by atoms with Crippen LogP contribution in [0, 0.1) is 5.92 Å². The van der Waals surface area contributed by atoms with Gasteiger partial charge in [-0.3, -0.25) is 4.79 Å². The summed E-state index contributed by atoms with van der Waals surface area (Å²) in [5.74, 6) is 0.593. The first-order valence-corrected chi connectivity index (χ1v) is 6.96. The van der Waals surface area contributed by atoms with Gasteiger partial charge >= 0.3 is 0 Å². The molecule has 0 aliphatic heterocycles. The van der Waals surface area contributed by atoms with E-state index in [2.05, 4.69) is 12.1 Å². The molecule has 0 heterocycles. The molecular formula is C16H12Cl2O. The second kappa shape index (κ2) is 4.99. The fourth-order valence-corrected chi connectivity index (χ4v) is 2.71. The molecule has 2 atom stereocenters. The van der Waals surface area contributed by atoms with E-state index in [0.717, 1.165) is 6.42 Å². The van der Waals surface area contributed by atoms with Gasteiger partial charge in [-0.15, -0.1) is 0 Å². The topological polar surface area (TPSA) is 17.1 Å². The van der Waals surface area contributed by atoms with Crippen LogP contribution in [0.3, 0.4) is 0 Å². The molecule has 0 bridgehead atoms. The maximum Gasteiger partial charge on any atom is 0.166 e. The SMILES string of the molecule is O=C(c1ccc(Cl)c(Cl)c1)C1CC1c1ccccc1. The van der Waals surface area contributed by atoms with E-state index in [0.29, 0.717) is 21.5 Å². The molecule has 0 N–H and O–H groups in total. The largest absolute Gasteiger partial charge is 0.294 e. The van der Waals surface area contributed by atoms with Gasteiger partial charge in [0.05, 0.1) is 10.0 Å². The van der Waals surface area contributed by atoms with Crippen molar-refractivity contribution >= 4 is 29.0 Å². The smallest absolute Gasteiger partial charge is 0.166 e. The third kappa shape index (κ3) is 2.54. The minimum atomic E-state index is 0.0830. The summed E-state index contributed by atoms with van der Waals surface area (Å²) in [4.78, 5) is 12.4. The number of ketones is 1. The Hall–Kier alpha value is -1.31. The molecule has 0 amide bonds. The molecule has 2 aromatic carbocycles. The summed E-state index contributed by atoms with van der Waals surface area (Å²) in [7, 11) is 0. The van der Waals surface area contributed by atoms with E-state index in [1.54, 1.807) is 18.2 Å². The van der Waals surface area contributed by atoms with E-state index < -0.39 is 0 Å². The first kappa shape index (κ1) is 12.7. The van der Waals surface area contributed by atoms with Crippen molar-refractivity contribution < 1.29 is 4.79 Å². The molecule has 3 heteroatoms. The second-order valence-corrected chi connectivity index (χ2v) is 5.67. The molecule has 0 aromatic heterocycles. The third-order valence-corrected chi connectivity index (χ3v) is 4.30. The van der Waals surface area contributed by atoms with Crippen molar-refractivity contribution in [1.82, 2.24) is 0 Å². The van der Waals surface area contributed by atoms with E-state index in [9.17, 15) is 4.79 Å². The average molecular weight is 291 g/mol. The number of carbonyl (C=O) groups is 1. The maximum absolute atomic E-state index is 12.4. The number of halogens is 2. The Morgan fingerprint density at radius 1 is 1.00 bits per heavy atom. The molecule has 0 saturated heterocycles. The first-order valence-electron chi connectivity index (χ1n) is 6.21. The van der Waals surface area contributed by atoms with Crippen molar-refractivity contribution in [2.24, 2.45) is 5.92 Å². The van der Waals surface area contributed by atoms with Crippen LogP contribution in [0.2, 0.25) is 10.0 Å². The van der Waals surface area contributed by atoms with Crippen LogP contribution in [0.15, 0.2) is 48.5 Å². The van der Waals surface area contributed by atoms with Crippen LogP contribution >= 0.6 is 23.2 Å². The van der Waals surface area contributed by atoms with Gasteiger partial charge in [0.25, 0.3) is 0 Å². The quantitative estimate of drug-likeness (QED) is 0.729. The predicted molar refractivity (Wildman–Crippen MR) is 78.1 cm³/mol. The summed E-state index contributed by atoms with van der Waals surface area (Å²) in [6, 6.07) is 15.2. The van der Waals surface area contributed by atoms with Gasteiger partial charge in [-0.1, -0.05) is 53.5 Å². The second-order valence-electron chi connectivity index (χ2n) is 4.85. The molecule has 96 valence electrons. The molecule has 1 saturated carbocycles. The fourth-order valence-electron chi connectivity index (χ4n) is 2.42. The lowest BCUT2D eigenvalue weighted by molar-refractivity contribution is 0.0965. The van der Waals surface area contributed by atoms with E-state index in [1.807, 2.05) is 18.2 Å². The lowest BCUT2D eigenvalue weighted by Crippen LogP contribution is -2.03. The molecule has 3 rings (SSSR count). The number of hydrogen-bond acceptors (Lipinski definition) is 1. The summed E-state index contributed by atoms with van der Waals surface area (Å²) in [6.07, 6.45) is 0.920. The van der Waals surface area contributed by atoms with E-state index >= 15 is 0 Å². The highest BCUT2D eigenvalue weighted by Gasteiger charge is 2.43. The normalized spacial score (nSPS) is 21.2. The monoisotopic (exact) mass is 290 g/mol. The number of hydrogen-bond donors (Lipinski definition) is 0. The standard InChI is InChI=1S/C16H12Cl2O/c17-14-7-6-11(8-15(14)18)16(19)13-9-12(13)10-4-2-1-3-5-10/h1-8,12-13H,9H2. The Balaban J connectivity index is 1.78. The summed E-state index contributed by atoms with van der Waals surface area (Å²) < 4.78 is 0. The van der Waals surface area contributed by atoms with Crippen molar-refractivity contribution in [2.75, 3.05) is 0 Å². The van der Waals surface area contributed by atoms with Crippen LogP contribution < -0.4 is 0 Å². The van der Waals surface area contributed by atoms with Gasteiger partial charge in [0.1, 0.15) is 0 Å². The molecule has 1 aliphatic carbocycles. The zero-order chi connectivity index (χ0) is 13.4. The molecule has 1 nitrogen and oxygen atoms in total. The lowest BCUT2D eigenvalue weighted by Gasteiger charge is -2.03. The molecule has 0 radical (unpaired) electrons. The van der Waals surface area contributed by atoms with Crippen LogP contribution in [0.25, 0.3) is 0 Å². The third-order valence-electron chi connectivity index (χ3n) is 3.56. The van der Waals surface area contributed by atoms with E-state index in [4.69, 9.17) is 23.2 Å². The van der Waals surface area contributed by atoms with Crippen LogP contribution in [0.4, 0.5) is 0 Å². The van der Waals surface area contributed by atoms with Gasteiger partial charge in [-0.2, -0.15) is 0 Å². The molecule has 2 unspecified atom stereocenters. The minimum absolute atomic E-state index is 0.0830. The van der Waals surface area contributed by atoms with Crippen LogP contribution in [0.1, 0.15) is 28.3 Å². The summed E-state index contributed by atoms with van der Waals surface area (Å²) in [6.45, 7) is 0. The number of Topliss-reactive ketones (excluding diaryl/α,β-unsaturated/α-hetero) is 1. The molecule has 19 heavy (non-hydrogen) atoms. The maximum atomic E-state index is 12.4. The Bertz CT molecular complexity index is 622. The van der Waals surface area contributed by atoms with Crippen molar-refractivity contribution in [3.05, 3.63) is 69.7 Å². The highest BCUT2D eigenvalue weighted by atomic mass is 35.5. The predicted octanol–water partition coefficient (Wildman–Crippen LogP) is 4.98. The van der Waals surface area contributed by atoms with Gasteiger partial charge in [-0.25, -0.2) is 0 Å². The van der Waals surface area contributed by atoms with Gasteiger partial charge < -0.3 is 0 Å². The Morgan fingerprint density at radius 2 is 1.74 bits per heavy atom. The van der Waals surface area contributed by atoms with Crippen molar-refractivity contribution in [3.8, 4) is 0 Å². The molecule has 1 aliphatic rings. The van der Waals surface area contributed by atoms with Gasteiger partial charge in [0.2, 0.25) is 0 Å². The highest BCUT2D eigenvalue weighted by molar-refractivity contribution is 6.42. The lowest BCUT2D eigenvalue weighted by atomic mass is 10.0. The summed E-state index contributed by atoms with van der Waals surface area (Å²) in [5.41, 5.74) is 1.89. The Morgan fingerprint density at radius 3 is 2.42 bits per heavy atom. The molecule has 1 fully saturated rings. The molecule has 2 aromatic rings. The number of carbonyl (C=O) groups excluding carboxylic acids is 1. The van der Waals surface area contributed by atoms with Crippen molar-refractivity contribution in [1.29, 1.82) is 0 Å². The van der Waals surface area contributed by atoms with Crippen LogP contribution in [-0.4, -0.2) is 5.78 Å². The zero-order valence-corrected chi connectivity index (χ0v) is 11.7. The average Bonchev–Trinajstić information content (AvgIpc) is 3.22. The Kier molecular flexibility index (Phi) is 3.34. The highest BCUT2D eigenvalue weighted by Crippen LogP contribution is 2.49. The molecule has 0 spiro atoms. The van der Waals surface area contributed by atoms with Crippen LogP contribution in [-0.2, 0) is 0 Å². The van der Waals surface area contributed by atoms with Gasteiger partial charge in [0.15, 0.2) is 5.78 Å². The van der Waals surface area contributed by atoms with E-state index in [-0.39, 0.29) is 11.7 Å². The zero-order valence-electron chi connectivity index (χ0n) is 10.1. The van der Waals surface area contributed by atoms with Gasteiger partial charge in [0, 0.05) is 11.5 Å². The van der Waals surface area contributed by atoms with Crippen molar-refractivity contribution in [2.45, 2.75) is 12.3 Å². The van der Waals surface area contributed by atoms with Crippen LogP contribution in [0.5, 0.6) is 0 Å². The van der Waals surface area contributed by atoms with E-state index in [1.165, 1.54) is 5.56 Å². The minimum Gasteiger partial charge on any atom is -0.294 e. The number of rotatable bonds is 3. The van der Waals surface area contributed by atoms with Gasteiger partial charge in [-0.05, 0) is 36.1 Å². The number of benzene rings is 2. The molecular weight excluding hydrogens is 279 g/mol. The first-order chi connectivity index (χ1) is 9.16.